The van der Waals surface area contributed by atoms with Gasteiger partial charge in [-0.05, 0) is 37.3 Å². The highest BCUT2D eigenvalue weighted by Gasteiger charge is 2.62. The van der Waals surface area contributed by atoms with Crippen molar-refractivity contribution in [1.29, 1.82) is 0 Å². The van der Waals surface area contributed by atoms with Gasteiger partial charge < -0.3 is 24.8 Å². The molecule has 2 amide bonds. The molecule has 39 heavy (non-hydrogen) atoms. The summed E-state index contributed by atoms with van der Waals surface area (Å²) in [6.45, 7) is 2.09. The van der Waals surface area contributed by atoms with Crippen LogP contribution >= 0.6 is 0 Å². The summed E-state index contributed by atoms with van der Waals surface area (Å²) >= 11 is 0. The van der Waals surface area contributed by atoms with Gasteiger partial charge in [0.05, 0.1) is 18.8 Å². The van der Waals surface area contributed by atoms with Crippen molar-refractivity contribution < 1.29 is 41.0 Å². The van der Waals surface area contributed by atoms with E-state index in [1.807, 2.05) is 6.92 Å². The Kier molecular flexibility index (Phi) is 7.33. The number of ether oxygens (including phenoxy) is 3. The molecule has 5 rings (SSSR count). The zero-order valence-electron chi connectivity index (χ0n) is 21.0. The second-order valence-electron chi connectivity index (χ2n) is 9.99. The second-order valence-corrected chi connectivity index (χ2v) is 9.99. The average Bonchev–Trinajstić information content (AvgIpc) is 2.80. The molecule has 212 valence electrons. The summed E-state index contributed by atoms with van der Waals surface area (Å²) in [7, 11) is 0. The number of alkyl halides is 5. The molecule has 0 radical (unpaired) electrons. The summed E-state index contributed by atoms with van der Waals surface area (Å²) in [4.78, 5) is 12.7. The molecule has 0 aromatic heterocycles. The number of halogens is 5. The standard InChI is InChI=1S/C26H29F5N4O4/c1-15-32-14-20(35-23(36)34-16-6-8-17(9-7-16)38-18-12-24(27,28)13-18)22(33-15)39-21-5-3-2-4-19(21)25(10-11-37-25)26(29,30)31/h2-9,15,18,20,22,32-33H,10-14H2,1H3,(H2,34,35,36). The van der Waals surface area contributed by atoms with E-state index in [4.69, 9.17) is 14.2 Å². The number of rotatable bonds is 7. The smallest absolute Gasteiger partial charge is 0.421 e. The van der Waals surface area contributed by atoms with E-state index in [0.717, 1.165) is 0 Å². The van der Waals surface area contributed by atoms with E-state index in [1.54, 1.807) is 30.3 Å². The fourth-order valence-corrected chi connectivity index (χ4v) is 4.84. The lowest BCUT2D eigenvalue weighted by molar-refractivity contribution is -0.334. The third-order valence-electron chi connectivity index (χ3n) is 7.04. The van der Waals surface area contributed by atoms with Crippen LogP contribution in [0.25, 0.3) is 0 Å². The van der Waals surface area contributed by atoms with E-state index in [-0.39, 0.29) is 49.9 Å². The van der Waals surface area contributed by atoms with Gasteiger partial charge in [-0.2, -0.15) is 13.2 Å². The number of hydrogen-bond acceptors (Lipinski definition) is 6. The first kappa shape index (κ1) is 27.4. The number of carbonyl (C=O) groups is 1. The Balaban J connectivity index is 1.22. The van der Waals surface area contributed by atoms with Gasteiger partial charge in [-0.1, -0.05) is 18.2 Å². The van der Waals surface area contributed by atoms with Gasteiger partial charge in [-0.25, -0.2) is 13.6 Å². The van der Waals surface area contributed by atoms with E-state index < -0.39 is 42.1 Å². The van der Waals surface area contributed by atoms with Crippen molar-refractivity contribution in [2.45, 2.75) is 68.4 Å². The largest absolute Gasteiger partial charge is 0.490 e. The number of anilines is 1. The number of hydrogen-bond donors (Lipinski definition) is 4. The van der Waals surface area contributed by atoms with Gasteiger partial charge in [0.2, 0.25) is 0 Å². The summed E-state index contributed by atoms with van der Waals surface area (Å²) in [6, 6.07) is 10.9. The van der Waals surface area contributed by atoms with Crippen molar-refractivity contribution in [3.63, 3.8) is 0 Å². The fraction of sp³-hybridized carbons (Fsp3) is 0.500. The molecule has 8 nitrogen and oxygen atoms in total. The number of benzene rings is 2. The van der Waals surface area contributed by atoms with E-state index >= 15 is 0 Å². The number of nitrogens with one attached hydrogen (secondary N) is 4. The van der Waals surface area contributed by atoms with E-state index in [9.17, 15) is 26.7 Å². The highest BCUT2D eigenvalue weighted by Crippen LogP contribution is 2.52. The number of para-hydroxylation sites is 1. The van der Waals surface area contributed by atoms with Gasteiger partial charge in [0.15, 0.2) is 11.8 Å². The van der Waals surface area contributed by atoms with Crippen LogP contribution in [0.5, 0.6) is 11.5 Å². The van der Waals surface area contributed by atoms with Crippen LogP contribution in [-0.2, 0) is 10.3 Å². The van der Waals surface area contributed by atoms with Gasteiger partial charge in [0, 0.05) is 37.1 Å². The van der Waals surface area contributed by atoms with Crippen molar-refractivity contribution in [3.05, 3.63) is 54.1 Å². The van der Waals surface area contributed by atoms with Crippen LogP contribution in [0.1, 0.15) is 31.7 Å². The molecular weight excluding hydrogens is 527 g/mol. The van der Waals surface area contributed by atoms with Gasteiger partial charge in [-0.3, -0.25) is 10.6 Å². The second kappa shape index (κ2) is 10.4. The molecule has 3 fully saturated rings. The minimum atomic E-state index is -4.62. The average molecular weight is 557 g/mol. The topological polar surface area (TPSA) is 92.9 Å². The zero-order valence-corrected chi connectivity index (χ0v) is 21.0. The molecule has 2 aliphatic heterocycles. The van der Waals surface area contributed by atoms with Crippen LogP contribution in [0, 0.1) is 0 Å². The van der Waals surface area contributed by atoms with E-state index in [0.29, 0.717) is 11.4 Å². The Hall–Kier alpha value is -3.16. The van der Waals surface area contributed by atoms with Crippen LogP contribution in [0.15, 0.2) is 48.5 Å². The summed E-state index contributed by atoms with van der Waals surface area (Å²) in [5.74, 6) is -2.26. The van der Waals surface area contributed by atoms with Crippen molar-refractivity contribution >= 4 is 11.7 Å². The molecule has 2 heterocycles. The molecule has 4 N–H and O–H groups in total. The fourth-order valence-electron chi connectivity index (χ4n) is 4.84. The van der Waals surface area contributed by atoms with E-state index in [2.05, 4.69) is 21.3 Å². The Morgan fingerprint density at radius 2 is 1.77 bits per heavy atom. The van der Waals surface area contributed by atoms with Crippen LogP contribution in [-0.4, -0.2) is 55.8 Å². The molecule has 4 unspecified atom stereocenters. The van der Waals surface area contributed by atoms with Crippen LogP contribution in [0.4, 0.5) is 32.4 Å². The first-order valence-electron chi connectivity index (χ1n) is 12.6. The molecule has 4 atom stereocenters. The van der Waals surface area contributed by atoms with Crippen LogP contribution in [0.2, 0.25) is 0 Å². The predicted octanol–water partition coefficient (Wildman–Crippen LogP) is 4.48. The molecule has 3 aliphatic rings. The lowest BCUT2D eigenvalue weighted by atomic mass is 9.85. The Bertz CT molecular complexity index is 1170. The highest BCUT2D eigenvalue weighted by atomic mass is 19.4. The predicted molar refractivity (Wildman–Crippen MR) is 131 cm³/mol. The van der Waals surface area contributed by atoms with Crippen LogP contribution < -0.4 is 30.7 Å². The summed E-state index contributed by atoms with van der Waals surface area (Å²) in [6.07, 6.45) is -7.11. The third-order valence-corrected chi connectivity index (χ3v) is 7.04. The molecule has 0 spiro atoms. The summed E-state index contributed by atoms with van der Waals surface area (Å²) in [5, 5.41) is 11.7. The maximum atomic E-state index is 13.9. The minimum Gasteiger partial charge on any atom is -0.490 e. The van der Waals surface area contributed by atoms with Crippen molar-refractivity contribution in [3.8, 4) is 11.5 Å². The van der Waals surface area contributed by atoms with Crippen molar-refractivity contribution in [2.75, 3.05) is 18.5 Å². The SMILES string of the molecule is CC1NCC(NC(=O)Nc2ccc(OC3CC(F)(F)C3)cc2)C(Oc2ccccc2C2(C(F)(F)F)CCO2)N1. The Morgan fingerprint density at radius 3 is 2.38 bits per heavy atom. The molecule has 2 saturated heterocycles. The van der Waals surface area contributed by atoms with Gasteiger partial charge >= 0.3 is 12.2 Å². The number of urea groups is 1. The number of amides is 2. The Morgan fingerprint density at radius 1 is 1.08 bits per heavy atom. The Labute approximate surface area is 221 Å². The van der Waals surface area contributed by atoms with Gasteiger partial charge in [-0.15, -0.1) is 0 Å². The zero-order chi connectivity index (χ0) is 27.8. The maximum absolute atomic E-state index is 13.9. The highest BCUT2D eigenvalue weighted by molar-refractivity contribution is 5.89. The van der Waals surface area contributed by atoms with Crippen molar-refractivity contribution in [2.24, 2.45) is 0 Å². The van der Waals surface area contributed by atoms with E-state index in [1.165, 1.54) is 18.2 Å². The molecule has 13 heteroatoms. The summed E-state index contributed by atoms with van der Waals surface area (Å²) < 4.78 is 84.4. The molecule has 2 aromatic rings. The van der Waals surface area contributed by atoms with Crippen LogP contribution in [0.3, 0.4) is 0 Å². The summed E-state index contributed by atoms with van der Waals surface area (Å²) in [5.41, 5.74) is -2.12. The first-order chi connectivity index (χ1) is 18.4. The quantitative estimate of drug-likeness (QED) is 0.376. The first-order valence-corrected chi connectivity index (χ1v) is 12.6. The maximum Gasteiger partial charge on any atom is 0.421 e. The monoisotopic (exact) mass is 556 g/mol. The number of carbonyl (C=O) groups excluding carboxylic acids is 1. The molecule has 1 aliphatic carbocycles. The molecule has 0 bridgehead atoms. The normalized spacial score (nSPS) is 28.5. The lowest BCUT2D eigenvalue weighted by Crippen LogP contribution is -2.67. The molecule has 2 aromatic carbocycles. The minimum absolute atomic E-state index is 0.00754. The third kappa shape index (κ3) is 5.89. The lowest BCUT2D eigenvalue weighted by Gasteiger charge is -2.44. The van der Waals surface area contributed by atoms with Gasteiger partial charge in [0.1, 0.15) is 17.6 Å². The van der Waals surface area contributed by atoms with Crippen molar-refractivity contribution in [1.82, 2.24) is 16.0 Å². The van der Waals surface area contributed by atoms with Gasteiger partial charge in [0.25, 0.3) is 5.92 Å². The molecular formula is C26H29F5N4O4. The molecule has 1 saturated carbocycles.